The topological polar surface area (TPSA) is 85.1 Å². The van der Waals surface area contributed by atoms with Gasteiger partial charge in [-0.2, -0.15) is 0 Å². The number of hydrogen-bond acceptors (Lipinski definition) is 4. The van der Waals surface area contributed by atoms with Crippen molar-refractivity contribution >= 4 is 47.6 Å². The molecule has 0 radical (unpaired) electrons. The van der Waals surface area contributed by atoms with Gasteiger partial charge in [-0.15, -0.1) is 0 Å². The second kappa shape index (κ2) is 6.43. The number of pyridine rings is 1. The average Bonchev–Trinajstić information content (AvgIpc) is 2.38. The highest BCUT2D eigenvalue weighted by Gasteiger charge is 2.13. The molecule has 112 valence electrons. The first-order valence-electron chi connectivity index (χ1n) is 5.95. The summed E-state index contributed by atoms with van der Waals surface area (Å²) in [5, 5.41) is 8.37. The molecule has 0 aliphatic carbocycles. The molecule has 0 bridgehead atoms. The number of primary sulfonamides is 1. The average molecular weight is 435 g/mol. The number of rotatable bonds is 4. The molecular weight excluding hydrogens is 422 g/mol. The SMILES string of the molecule is Cc1c(NCc2ncc(Br)cc2Br)cccc1S(N)(=O)=O. The van der Waals surface area contributed by atoms with E-state index < -0.39 is 10.0 Å². The van der Waals surface area contributed by atoms with E-state index in [0.29, 0.717) is 17.8 Å². The smallest absolute Gasteiger partial charge is 0.238 e. The predicted molar refractivity (Wildman–Crippen MR) is 89.5 cm³/mol. The minimum atomic E-state index is -3.72. The highest BCUT2D eigenvalue weighted by molar-refractivity contribution is 9.11. The molecular formula is C13H13Br2N3O2S. The van der Waals surface area contributed by atoms with Gasteiger partial charge in [-0.1, -0.05) is 6.07 Å². The largest absolute Gasteiger partial charge is 0.379 e. The Bertz CT molecular complexity index is 779. The van der Waals surface area contributed by atoms with Crippen molar-refractivity contribution in [3.63, 3.8) is 0 Å². The molecule has 1 aromatic heterocycles. The van der Waals surface area contributed by atoms with Gasteiger partial charge in [-0.25, -0.2) is 13.6 Å². The third kappa shape index (κ3) is 4.03. The van der Waals surface area contributed by atoms with Crippen LogP contribution in [0.4, 0.5) is 5.69 Å². The molecule has 1 aromatic carbocycles. The Morgan fingerprint density at radius 2 is 2.05 bits per heavy atom. The molecule has 0 aliphatic rings. The predicted octanol–water partition coefficient (Wildman–Crippen LogP) is 3.17. The zero-order chi connectivity index (χ0) is 15.6. The Kier molecular flexibility index (Phi) is 5.03. The highest BCUT2D eigenvalue weighted by atomic mass is 79.9. The van der Waals surface area contributed by atoms with Crippen LogP contribution in [-0.2, 0) is 16.6 Å². The maximum absolute atomic E-state index is 11.5. The lowest BCUT2D eigenvalue weighted by molar-refractivity contribution is 0.597. The van der Waals surface area contributed by atoms with E-state index in [2.05, 4.69) is 42.2 Å². The number of halogens is 2. The number of nitrogens with one attached hydrogen (secondary N) is 1. The minimum Gasteiger partial charge on any atom is -0.379 e. The van der Waals surface area contributed by atoms with Crippen LogP contribution in [-0.4, -0.2) is 13.4 Å². The van der Waals surface area contributed by atoms with Gasteiger partial charge in [0.15, 0.2) is 0 Å². The number of sulfonamides is 1. The minimum absolute atomic E-state index is 0.121. The van der Waals surface area contributed by atoms with Crippen LogP contribution in [0.3, 0.4) is 0 Å². The number of nitrogens with two attached hydrogens (primary N) is 1. The molecule has 0 aliphatic heterocycles. The molecule has 0 atom stereocenters. The van der Waals surface area contributed by atoms with Gasteiger partial charge in [0.2, 0.25) is 10.0 Å². The molecule has 0 saturated heterocycles. The van der Waals surface area contributed by atoms with Crippen molar-refractivity contribution in [1.82, 2.24) is 4.98 Å². The molecule has 0 amide bonds. The highest BCUT2D eigenvalue weighted by Crippen LogP contribution is 2.24. The molecule has 21 heavy (non-hydrogen) atoms. The molecule has 0 spiro atoms. The number of nitrogens with zero attached hydrogens (tertiary/aromatic N) is 1. The van der Waals surface area contributed by atoms with E-state index in [-0.39, 0.29) is 4.90 Å². The summed E-state index contributed by atoms with van der Waals surface area (Å²) in [7, 11) is -3.72. The summed E-state index contributed by atoms with van der Waals surface area (Å²) in [4.78, 5) is 4.42. The van der Waals surface area contributed by atoms with E-state index in [0.717, 1.165) is 14.6 Å². The van der Waals surface area contributed by atoms with Gasteiger partial charge < -0.3 is 5.32 Å². The number of benzene rings is 1. The van der Waals surface area contributed by atoms with Crippen LogP contribution in [0, 0.1) is 6.92 Å². The van der Waals surface area contributed by atoms with E-state index >= 15 is 0 Å². The molecule has 0 saturated carbocycles. The van der Waals surface area contributed by atoms with Crippen LogP contribution < -0.4 is 10.5 Å². The van der Waals surface area contributed by atoms with Crippen LogP contribution >= 0.6 is 31.9 Å². The van der Waals surface area contributed by atoms with Crippen molar-refractivity contribution in [2.75, 3.05) is 5.32 Å². The van der Waals surface area contributed by atoms with Gasteiger partial charge in [0.1, 0.15) is 0 Å². The van der Waals surface area contributed by atoms with Crippen molar-refractivity contribution in [3.05, 3.63) is 50.7 Å². The second-order valence-electron chi connectivity index (χ2n) is 4.41. The second-order valence-corrected chi connectivity index (χ2v) is 7.71. The Morgan fingerprint density at radius 3 is 2.67 bits per heavy atom. The molecule has 2 aromatic rings. The van der Waals surface area contributed by atoms with Crippen molar-refractivity contribution in [1.29, 1.82) is 0 Å². The molecule has 5 nitrogen and oxygen atoms in total. The Balaban J connectivity index is 2.25. The van der Waals surface area contributed by atoms with Gasteiger partial charge in [-0.05, 0) is 62.5 Å². The van der Waals surface area contributed by atoms with Gasteiger partial charge in [0, 0.05) is 20.8 Å². The first kappa shape index (κ1) is 16.4. The lowest BCUT2D eigenvalue weighted by Gasteiger charge is -2.12. The maximum Gasteiger partial charge on any atom is 0.238 e. The summed E-state index contributed by atoms with van der Waals surface area (Å²) in [6.07, 6.45) is 1.70. The fraction of sp³-hybridized carbons (Fsp3) is 0.154. The van der Waals surface area contributed by atoms with Crippen LogP contribution in [0.25, 0.3) is 0 Å². The summed E-state index contributed by atoms with van der Waals surface area (Å²) in [5.41, 5.74) is 2.12. The van der Waals surface area contributed by atoms with Gasteiger partial charge in [0.25, 0.3) is 0 Å². The first-order valence-corrected chi connectivity index (χ1v) is 9.08. The van der Waals surface area contributed by atoms with Crippen molar-refractivity contribution in [2.45, 2.75) is 18.4 Å². The first-order chi connectivity index (χ1) is 9.79. The summed E-state index contributed by atoms with van der Waals surface area (Å²) < 4.78 is 24.7. The van der Waals surface area contributed by atoms with Crippen LogP contribution in [0.5, 0.6) is 0 Å². The van der Waals surface area contributed by atoms with E-state index in [4.69, 9.17) is 5.14 Å². The summed E-state index contributed by atoms with van der Waals surface area (Å²) >= 11 is 6.78. The Morgan fingerprint density at radius 1 is 1.33 bits per heavy atom. The zero-order valence-electron chi connectivity index (χ0n) is 11.1. The summed E-state index contributed by atoms with van der Waals surface area (Å²) in [6, 6.07) is 6.84. The van der Waals surface area contributed by atoms with Crippen molar-refractivity contribution in [2.24, 2.45) is 5.14 Å². The van der Waals surface area contributed by atoms with Gasteiger partial charge >= 0.3 is 0 Å². The lowest BCUT2D eigenvalue weighted by Crippen LogP contribution is -2.14. The maximum atomic E-state index is 11.5. The lowest BCUT2D eigenvalue weighted by atomic mass is 10.2. The van der Waals surface area contributed by atoms with Gasteiger partial charge in [0.05, 0.1) is 17.1 Å². The molecule has 2 rings (SSSR count). The van der Waals surface area contributed by atoms with Crippen molar-refractivity contribution < 1.29 is 8.42 Å². The summed E-state index contributed by atoms with van der Waals surface area (Å²) in [6.45, 7) is 2.18. The molecule has 1 heterocycles. The van der Waals surface area contributed by atoms with Crippen LogP contribution in [0.1, 0.15) is 11.3 Å². The fourth-order valence-electron chi connectivity index (χ4n) is 1.87. The quantitative estimate of drug-likeness (QED) is 0.773. The zero-order valence-corrected chi connectivity index (χ0v) is 15.1. The third-order valence-corrected chi connectivity index (χ3v) is 5.10. The van der Waals surface area contributed by atoms with Crippen molar-refractivity contribution in [3.8, 4) is 0 Å². The third-order valence-electron chi connectivity index (χ3n) is 2.92. The number of aromatic nitrogens is 1. The van der Waals surface area contributed by atoms with E-state index in [1.807, 2.05) is 6.07 Å². The number of hydrogen-bond donors (Lipinski definition) is 2. The van der Waals surface area contributed by atoms with Crippen LogP contribution in [0.2, 0.25) is 0 Å². The van der Waals surface area contributed by atoms with E-state index in [9.17, 15) is 8.42 Å². The van der Waals surface area contributed by atoms with E-state index in [1.54, 1.807) is 25.3 Å². The Hall–Kier alpha value is -0.960. The molecule has 8 heteroatoms. The molecule has 0 fully saturated rings. The van der Waals surface area contributed by atoms with E-state index in [1.165, 1.54) is 6.07 Å². The number of anilines is 1. The van der Waals surface area contributed by atoms with Gasteiger partial charge in [-0.3, -0.25) is 4.98 Å². The standard InChI is InChI=1S/C13H13Br2N3O2S/c1-8-11(3-2-4-13(8)21(16,19)20)18-7-12-10(15)5-9(14)6-17-12/h2-6,18H,7H2,1H3,(H2,16,19,20). The summed E-state index contributed by atoms with van der Waals surface area (Å²) in [5.74, 6) is 0. The van der Waals surface area contributed by atoms with Crippen LogP contribution in [0.15, 0.2) is 44.3 Å². The normalized spacial score (nSPS) is 11.4. The molecule has 3 N–H and O–H groups in total. The molecule has 0 unspecified atom stereocenters. The fourth-order valence-corrected chi connectivity index (χ4v) is 3.80. The Labute approximate surface area is 140 Å². The monoisotopic (exact) mass is 433 g/mol.